The molecule has 0 unspecified atom stereocenters. The van der Waals surface area contributed by atoms with Crippen LogP contribution in [0.15, 0.2) is 0 Å². The smallest absolute Gasteiger partial charge is 0.148 e. The molecule has 19 heavy (non-hydrogen) atoms. The Morgan fingerprint density at radius 2 is 1.95 bits per heavy atom. The molecular weight excluding hydrogens is 256 g/mol. The van der Waals surface area contributed by atoms with E-state index >= 15 is 0 Å². The van der Waals surface area contributed by atoms with E-state index < -0.39 is 0 Å². The average Bonchev–Trinajstić information content (AvgIpc) is 2.68. The molecule has 0 atom stereocenters. The Balaban J connectivity index is 2.07. The number of nitrogen functional groups attached to an aromatic ring is 1. The summed E-state index contributed by atoms with van der Waals surface area (Å²) in [6.45, 7) is 6.26. The normalized spacial score (nSPS) is 23.8. The maximum Gasteiger partial charge on any atom is 0.148 e. The van der Waals surface area contributed by atoms with Gasteiger partial charge >= 0.3 is 0 Å². The van der Waals surface area contributed by atoms with Crippen molar-refractivity contribution >= 4 is 23.3 Å². The second-order valence-electron chi connectivity index (χ2n) is 5.74. The molecule has 4 nitrogen and oxygen atoms in total. The summed E-state index contributed by atoms with van der Waals surface area (Å²) < 4.78 is 2.02. The van der Waals surface area contributed by atoms with Crippen LogP contribution < -0.4 is 11.1 Å². The molecule has 0 radical (unpaired) electrons. The largest absolute Gasteiger partial charge is 0.394 e. The van der Waals surface area contributed by atoms with Crippen LogP contribution in [0.2, 0.25) is 0 Å². The van der Waals surface area contributed by atoms with Crippen LogP contribution in [-0.4, -0.2) is 27.3 Å². The lowest BCUT2D eigenvalue weighted by Gasteiger charge is -2.29. The van der Waals surface area contributed by atoms with Gasteiger partial charge in [0.05, 0.1) is 11.4 Å². The molecule has 0 bridgehead atoms. The topological polar surface area (TPSA) is 55.9 Å². The highest BCUT2D eigenvalue weighted by atomic mass is 32.2. The highest BCUT2D eigenvalue weighted by molar-refractivity contribution is 7.99. The Morgan fingerprint density at radius 1 is 1.32 bits per heavy atom. The van der Waals surface area contributed by atoms with Crippen LogP contribution in [-0.2, 0) is 0 Å². The molecule has 1 aromatic heterocycles. The van der Waals surface area contributed by atoms with Crippen molar-refractivity contribution in [3.05, 3.63) is 5.69 Å². The summed E-state index contributed by atoms with van der Waals surface area (Å²) in [5, 5.41) is 9.00. The molecule has 1 aliphatic rings. The summed E-state index contributed by atoms with van der Waals surface area (Å²) in [6, 6.07) is 0.875. The third-order valence-electron chi connectivity index (χ3n) is 3.97. The van der Waals surface area contributed by atoms with Crippen molar-refractivity contribution in [3.63, 3.8) is 0 Å². The first-order valence-electron chi connectivity index (χ1n) is 7.16. The molecule has 2 rings (SSSR count). The van der Waals surface area contributed by atoms with Crippen LogP contribution in [0.25, 0.3) is 0 Å². The summed E-state index contributed by atoms with van der Waals surface area (Å²) in [5.41, 5.74) is 7.89. The maximum atomic E-state index is 6.16. The summed E-state index contributed by atoms with van der Waals surface area (Å²) in [4.78, 5) is 0. The molecule has 0 spiro atoms. The van der Waals surface area contributed by atoms with E-state index in [4.69, 9.17) is 5.73 Å². The monoisotopic (exact) mass is 282 g/mol. The quantitative estimate of drug-likeness (QED) is 0.888. The van der Waals surface area contributed by atoms with Crippen molar-refractivity contribution in [2.45, 2.75) is 63.8 Å². The van der Waals surface area contributed by atoms with Crippen molar-refractivity contribution in [2.75, 3.05) is 17.3 Å². The van der Waals surface area contributed by atoms with E-state index in [-0.39, 0.29) is 0 Å². The van der Waals surface area contributed by atoms with Crippen LogP contribution in [0.3, 0.4) is 0 Å². The second-order valence-corrected chi connectivity index (χ2v) is 6.88. The molecule has 108 valence electrons. The molecule has 3 N–H and O–H groups in total. The van der Waals surface area contributed by atoms with E-state index in [1.807, 2.05) is 23.4 Å². The van der Waals surface area contributed by atoms with Crippen LogP contribution in [0.5, 0.6) is 0 Å². The molecule has 0 saturated heterocycles. The number of aryl methyl sites for hydroxylation is 1. The lowest BCUT2D eigenvalue weighted by molar-refractivity contribution is 0.463. The van der Waals surface area contributed by atoms with E-state index in [1.165, 1.54) is 25.7 Å². The number of anilines is 2. The lowest BCUT2D eigenvalue weighted by atomic mass is 9.95. The second kappa shape index (κ2) is 6.07. The van der Waals surface area contributed by atoms with Gasteiger partial charge in [-0.3, -0.25) is 0 Å². The lowest BCUT2D eigenvalue weighted by Crippen LogP contribution is -2.28. The van der Waals surface area contributed by atoms with Crippen molar-refractivity contribution in [3.8, 4) is 0 Å². The van der Waals surface area contributed by atoms with Crippen molar-refractivity contribution in [1.82, 2.24) is 9.78 Å². The third-order valence-corrected chi connectivity index (χ3v) is 5.11. The van der Waals surface area contributed by atoms with Gasteiger partial charge in [-0.05, 0) is 52.7 Å². The number of aromatic nitrogens is 2. The van der Waals surface area contributed by atoms with Crippen LogP contribution in [0, 0.1) is 6.92 Å². The van der Waals surface area contributed by atoms with Crippen LogP contribution >= 0.6 is 11.8 Å². The van der Waals surface area contributed by atoms with Crippen molar-refractivity contribution in [2.24, 2.45) is 0 Å². The minimum absolute atomic E-state index is 0.334. The summed E-state index contributed by atoms with van der Waals surface area (Å²) in [6.07, 6.45) is 7.27. The SMILES string of the molecule is CSC1CCC(Nc2c(N)c(C)nn2C(C)C)CC1. The first-order chi connectivity index (χ1) is 9.02. The molecule has 0 aromatic carbocycles. The van der Waals surface area contributed by atoms with Gasteiger partial charge in [-0.2, -0.15) is 16.9 Å². The van der Waals surface area contributed by atoms with Gasteiger partial charge in [0.1, 0.15) is 5.82 Å². The van der Waals surface area contributed by atoms with Gasteiger partial charge in [0.15, 0.2) is 0 Å². The zero-order valence-corrected chi connectivity index (χ0v) is 13.3. The number of nitrogens with two attached hydrogens (primary N) is 1. The standard InChI is InChI=1S/C14H26N4S/c1-9(2)18-14(13(15)10(3)17-18)16-11-5-7-12(19-4)8-6-11/h9,11-12,16H,5-8,15H2,1-4H3. The summed E-state index contributed by atoms with van der Waals surface area (Å²) in [7, 11) is 0. The Bertz CT molecular complexity index is 419. The predicted molar refractivity (Wildman–Crippen MR) is 84.9 cm³/mol. The molecule has 1 aliphatic carbocycles. The zero-order valence-electron chi connectivity index (χ0n) is 12.4. The third kappa shape index (κ3) is 3.19. The Morgan fingerprint density at radius 3 is 2.47 bits per heavy atom. The van der Waals surface area contributed by atoms with Crippen molar-refractivity contribution < 1.29 is 0 Å². The number of nitrogens with one attached hydrogen (secondary N) is 1. The highest BCUT2D eigenvalue weighted by Gasteiger charge is 2.23. The number of rotatable bonds is 4. The van der Waals surface area contributed by atoms with Gasteiger partial charge in [-0.25, -0.2) is 4.68 Å². The highest BCUT2D eigenvalue weighted by Crippen LogP contribution is 2.32. The molecule has 1 heterocycles. The summed E-state index contributed by atoms with van der Waals surface area (Å²) >= 11 is 2.00. The van der Waals surface area contributed by atoms with Gasteiger partial charge in [0, 0.05) is 17.3 Å². The number of hydrogen-bond donors (Lipinski definition) is 2. The molecule has 0 aliphatic heterocycles. The predicted octanol–water partition coefficient (Wildman–Crippen LogP) is 3.44. The Kier molecular flexibility index (Phi) is 4.66. The fourth-order valence-corrected chi connectivity index (χ4v) is 3.46. The van der Waals surface area contributed by atoms with Crippen LogP contribution in [0.1, 0.15) is 51.3 Å². The zero-order chi connectivity index (χ0) is 14.0. The summed E-state index contributed by atoms with van der Waals surface area (Å²) in [5.74, 6) is 1.01. The molecule has 0 amide bonds. The fourth-order valence-electron chi connectivity index (χ4n) is 2.71. The van der Waals surface area contributed by atoms with E-state index in [2.05, 4.69) is 30.5 Å². The van der Waals surface area contributed by atoms with Gasteiger partial charge in [0.2, 0.25) is 0 Å². The van der Waals surface area contributed by atoms with E-state index in [9.17, 15) is 0 Å². The molecule has 1 saturated carbocycles. The van der Waals surface area contributed by atoms with E-state index in [0.717, 1.165) is 22.4 Å². The maximum absolute atomic E-state index is 6.16. The average molecular weight is 282 g/mol. The molecule has 1 fully saturated rings. The Hall–Kier alpha value is -0.840. The van der Waals surface area contributed by atoms with Gasteiger partial charge in [-0.1, -0.05) is 0 Å². The molecular formula is C14H26N4S. The molecule has 5 heteroatoms. The first-order valence-corrected chi connectivity index (χ1v) is 8.45. The first kappa shape index (κ1) is 14.6. The number of thioether (sulfide) groups is 1. The van der Waals surface area contributed by atoms with Crippen LogP contribution in [0.4, 0.5) is 11.5 Å². The molecule has 1 aromatic rings. The van der Waals surface area contributed by atoms with Gasteiger partial charge in [-0.15, -0.1) is 0 Å². The van der Waals surface area contributed by atoms with Crippen molar-refractivity contribution in [1.29, 1.82) is 0 Å². The number of hydrogen-bond acceptors (Lipinski definition) is 4. The minimum atomic E-state index is 0.334. The van der Waals surface area contributed by atoms with E-state index in [0.29, 0.717) is 12.1 Å². The number of nitrogens with zero attached hydrogens (tertiary/aromatic N) is 2. The van der Waals surface area contributed by atoms with E-state index in [1.54, 1.807) is 0 Å². The minimum Gasteiger partial charge on any atom is -0.394 e. The van der Waals surface area contributed by atoms with Gasteiger partial charge in [0.25, 0.3) is 0 Å². The van der Waals surface area contributed by atoms with Gasteiger partial charge < -0.3 is 11.1 Å². The Labute approximate surface area is 120 Å². The fraction of sp³-hybridized carbons (Fsp3) is 0.786.